The number of esters is 4. The lowest BCUT2D eigenvalue weighted by molar-refractivity contribution is -0.161. The summed E-state index contributed by atoms with van der Waals surface area (Å²) in [6.07, 6.45) is 47.2. The smallest absolute Gasteiger partial charge is 0.462 e. The van der Waals surface area contributed by atoms with Gasteiger partial charge in [-0.25, -0.2) is 9.13 Å². The van der Waals surface area contributed by atoms with Crippen molar-refractivity contribution in [2.45, 2.75) is 374 Å². The maximum absolute atomic E-state index is 13.0. The minimum absolute atomic E-state index is 0.104. The zero-order valence-corrected chi connectivity index (χ0v) is 59.5. The topological polar surface area (TPSA) is 237 Å². The third-order valence-corrected chi connectivity index (χ3v) is 18.5. The first-order chi connectivity index (χ1) is 42.9. The van der Waals surface area contributed by atoms with Crippen molar-refractivity contribution < 1.29 is 80.2 Å². The highest BCUT2D eigenvalue weighted by Crippen LogP contribution is 2.45. The first kappa shape index (κ1) is 87.1. The highest BCUT2D eigenvalue weighted by atomic mass is 31.2. The Labute approximate surface area is 543 Å². The molecule has 0 radical (unpaired) electrons. The van der Waals surface area contributed by atoms with E-state index in [0.717, 1.165) is 102 Å². The van der Waals surface area contributed by atoms with Crippen LogP contribution in [-0.4, -0.2) is 96.7 Å². The molecule has 0 amide bonds. The number of phosphoric ester groups is 2. The van der Waals surface area contributed by atoms with Gasteiger partial charge in [0.1, 0.15) is 19.3 Å². The Balaban J connectivity index is 5.25. The van der Waals surface area contributed by atoms with Gasteiger partial charge in [0.25, 0.3) is 0 Å². The number of ether oxygens (including phenoxy) is 4. The molecule has 0 spiro atoms. The van der Waals surface area contributed by atoms with Crippen molar-refractivity contribution in [1.82, 2.24) is 0 Å². The molecule has 3 N–H and O–H groups in total. The first-order valence-corrected chi connectivity index (χ1v) is 39.5. The highest BCUT2D eigenvalue weighted by Gasteiger charge is 2.30. The number of hydrogen-bond donors (Lipinski definition) is 3. The van der Waals surface area contributed by atoms with Gasteiger partial charge in [-0.15, -0.1) is 0 Å². The summed E-state index contributed by atoms with van der Waals surface area (Å²) in [5, 5.41) is 10.6. The van der Waals surface area contributed by atoms with Crippen LogP contribution in [0.3, 0.4) is 0 Å². The number of aliphatic hydroxyl groups is 1. The minimum Gasteiger partial charge on any atom is -0.462 e. The molecule has 0 aliphatic heterocycles. The van der Waals surface area contributed by atoms with E-state index >= 15 is 0 Å². The van der Waals surface area contributed by atoms with E-state index < -0.39 is 97.5 Å². The van der Waals surface area contributed by atoms with Crippen LogP contribution < -0.4 is 0 Å². The number of rotatable bonds is 69. The van der Waals surface area contributed by atoms with Gasteiger partial charge in [0.15, 0.2) is 12.2 Å². The zero-order valence-electron chi connectivity index (χ0n) is 57.7. The highest BCUT2D eigenvalue weighted by molar-refractivity contribution is 7.47. The summed E-state index contributed by atoms with van der Waals surface area (Å²) in [7, 11) is -9.90. The Morgan fingerprint density at radius 1 is 0.326 bits per heavy atom. The van der Waals surface area contributed by atoms with E-state index in [0.29, 0.717) is 31.6 Å². The predicted octanol–water partition coefficient (Wildman–Crippen LogP) is 20.0. The van der Waals surface area contributed by atoms with E-state index in [9.17, 15) is 43.2 Å². The monoisotopic (exact) mass is 1310 g/mol. The summed E-state index contributed by atoms with van der Waals surface area (Å²) in [5.74, 6) is -0.676. The molecule has 0 heterocycles. The zero-order chi connectivity index (χ0) is 65.7. The molecule has 17 nitrogen and oxygen atoms in total. The predicted molar refractivity (Wildman–Crippen MR) is 358 cm³/mol. The van der Waals surface area contributed by atoms with Gasteiger partial charge in [-0.05, 0) is 37.5 Å². The lowest BCUT2D eigenvalue weighted by Gasteiger charge is -2.21. The average molecular weight is 1310 g/mol. The van der Waals surface area contributed by atoms with Crippen molar-refractivity contribution in [2.24, 2.45) is 11.8 Å². The quantitative estimate of drug-likeness (QED) is 0.0222. The molecule has 0 aromatic carbocycles. The van der Waals surface area contributed by atoms with Gasteiger partial charge in [-0.3, -0.25) is 37.3 Å². The molecular weight excluding hydrogens is 1170 g/mol. The van der Waals surface area contributed by atoms with Crippen LogP contribution in [0.1, 0.15) is 356 Å². The lowest BCUT2D eigenvalue weighted by Crippen LogP contribution is -2.30. The molecule has 0 rings (SSSR count). The summed E-state index contributed by atoms with van der Waals surface area (Å²) < 4.78 is 68.3. The molecule has 0 fully saturated rings. The molecule has 19 heteroatoms. The molecular formula is C70H136O17P2. The van der Waals surface area contributed by atoms with Crippen LogP contribution >= 0.6 is 15.6 Å². The second kappa shape index (κ2) is 62.2. The van der Waals surface area contributed by atoms with Crippen molar-refractivity contribution in [3.8, 4) is 0 Å². The van der Waals surface area contributed by atoms with Crippen LogP contribution in [-0.2, 0) is 65.4 Å². The fraction of sp³-hybridized carbons (Fsp3) is 0.943. The van der Waals surface area contributed by atoms with Crippen LogP contribution in [0, 0.1) is 11.8 Å². The van der Waals surface area contributed by atoms with Gasteiger partial charge < -0.3 is 33.8 Å². The average Bonchev–Trinajstić information content (AvgIpc) is 3.72. The maximum atomic E-state index is 13.0. The Hall–Kier alpha value is -1.94. The molecule has 0 aromatic heterocycles. The lowest BCUT2D eigenvalue weighted by atomic mass is 9.99. The summed E-state index contributed by atoms with van der Waals surface area (Å²) >= 11 is 0. The van der Waals surface area contributed by atoms with Crippen molar-refractivity contribution in [3.05, 3.63) is 0 Å². The van der Waals surface area contributed by atoms with E-state index in [1.54, 1.807) is 0 Å². The second-order valence-electron chi connectivity index (χ2n) is 26.0. The fourth-order valence-corrected chi connectivity index (χ4v) is 12.1. The standard InChI is InChI=1S/C70H136O17P2/c1-7-10-12-14-16-18-20-22-24-26-28-33-40-46-52-67(72)80-58-65(86-69(74)54-48-42-34-29-27-25-23-21-19-17-15-13-11-8-2)60-84-88(76,77)82-56-64(71)57-83-89(78,79)85-61-66(59-81-68(73)53-47-41-37-36-38-44-50-62(4)5)87-70(75)55-49-43-35-31-30-32-39-45-51-63(6)9-3/h62-66,71H,7-61H2,1-6H3,(H,76,77)(H,78,79)/t63?,64-,65-,66-/m1/s1. The van der Waals surface area contributed by atoms with Gasteiger partial charge in [-0.1, -0.05) is 305 Å². The third kappa shape index (κ3) is 63.2. The van der Waals surface area contributed by atoms with Crippen LogP contribution in [0.5, 0.6) is 0 Å². The van der Waals surface area contributed by atoms with Crippen LogP contribution in [0.15, 0.2) is 0 Å². The van der Waals surface area contributed by atoms with E-state index in [4.69, 9.17) is 37.0 Å². The fourth-order valence-electron chi connectivity index (χ4n) is 10.6. The molecule has 0 aliphatic carbocycles. The molecule has 89 heavy (non-hydrogen) atoms. The SMILES string of the molecule is CCCCCCCCCCCCCCCCC(=O)OC[C@H](COP(=O)(O)OC[C@@H](O)COP(=O)(O)OC[C@@H](COC(=O)CCCCCCCCC(C)C)OC(=O)CCCCCCCCCCC(C)CC)OC(=O)CCCCCCCCCCCCCCCC. The summed E-state index contributed by atoms with van der Waals surface area (Å²) in [6.45, 7) is 9.47. The van der Waals surface area contributed by atoms with Crippen LogP contribution in [0.4, 0.5) is 0 Å². The largest absolute Gasteiger partial charge is 0.472 e. The van der Waals surface area contributed by atoms with Gasteiger partial charge in [0.05, 0.1) is 26.4 Å². The van der Waals surface area contributed by atoms with Gasteiger partial charge >= 0.3 is 39.5 Å². The van der Waals surface area contributed by atoms with Gasteiger partial charge in [-0.2, -0.15) is 0 Å². The van der Waals surface area contributed by atoms with Gasteiger partial charge in [0.2, 0.25) is 0 Å². The molecule has 528 valence electrons. The number of unbranched alkanes of at least 4 members (excludes halogenated alkanes) is 38. The second-order valence-corrected chi connectivity index (χ2v) is 28.9. The summed E-state index contributed by atoms with van der Waals surface area (Å²) in [6, 6.07) is 0. The Bertz CT molecular complexity index is 1740. The minimum atomic E-state index is -4.95. The Morgan fingerprint density at radius 3 is 0.854 bits per heavy atom. The van der Waals surface area contributed by atoms with Crippen LogP contribution in [0.25, 0.3) is 0 Å². The van der Waals surface area contributed by atoms with E-state index in [1.807, 2.05) is 0 Å². The number of phosphoric acid groups is 2. The first-order valence-electron chi connectivity index (χ1n) is 36.5. The van der Waals surface area contributed by atoms with Crippen molar-refractivity contribution in [1.29, 1.82) is 0 Å². The van der Waals surface area contributed by atoms with Crippen molar-refractivity contribution in [3.63, 3.8) is 0 Å². The Kier molecular flexibility index (Phi) is 60.8. The van der Waals surface area contributed by atoms with Gasteiger partial charge in [0, 0.05) is 25.7 Å². The van der Waals surface area contributed by atoms with Crippen molar-refractivity contribution >= 4 is 39.5 Å². The Morgan fingerprint density at radius 2 is 0.573 bits per heavy atom. The van der Waals surface area contributed by atoms with E-state index in [2.05, 4.69) is 41.5 Å². The molecule has 0 aromatic rings. The number of carbonyl (C=O) groups excluding carboxylic acids is 4. The normalized spacial score (nSPS) is 14.4. The van der Waals surface area contributed by atoms with E-state index in [-0.39, 0.29) is 25.7 Å². The molecule has 3 unspecified atom stereocenters. The number of carbonyl (C=O) groups is 4. The molecule has 0 bridgehead atoms. The van der Waals surface area contributed by atoms with E-state index in [1.165, 1.54) is 167 Å². The third-order valence-electron chi connectivity index (χ3n) is 16.6. The summed E-state index contributed by atoms with van der Waals surface area (Å²) in [5.41, 5.74) is 0. The summed E-state index contributed by atoms with van der Waals surface area (Å²) in [4.78, 5) is 72.5. The molecule has 0 aliphatic rings. The maximum Gasteiger partial charge on any atom is 0.472 e. The van der Waals surface area contributed by atoms with Crippen LogP contribution in [0.2, 0.25) is 0 Å². The molecule has 0 saturated carbocycles. The number of hydrogen-bond acceptors (Lipinski definition) is 15. The number of aliphatic hydroxyl groups excluding tert-OH is 1. The van der Waals surface area contributed by atoms with Crippen molar-refractivity contribution in [2.75, 3.05) is 39.6 Å². The molecule has 0 saturated heterocycles. The molecule has 6 atom stereocenters.